The van der Waals surface area contributed by atoms with Gasteiger partial charge < -0.3 is 15.8 Å². The lowest BCUT2D eigenvalue weighted by atomic mass is 10.00. The molecular weight excluding hydrogens is 362 g/mol. The third kappa shape index (κ3) is 6.24. The first-order valence-corrected chi connectivity index (χ1v) is 9.28. The average Bonchev–Trinajstić information content (AvgIpc) is 2.68. The minimum absolute atomic E-state index is 0. The summed E-state index contributed by atoms with van der Waals surface area (Å²) in [5, 5.41) is 3.05. The summed E-state index contributed by atoms with van der Waals surface area (Å²) in [6, 6.07) is 17.7. The normalized spacial score (nSPS) is 17.0. The van der Waals surface area contributed by atoms with Gasteiger partial charge in [0.05, 0.1) is 6.04 Å². The van der Waals surface area contributed by atoms with Gasteiger partial charge in [0.2, 0.25) is 5.91 Å². The average molecular weight is 390 g/mol. The summed E-state index contributed by atoms with van der Waals surface area (Å²) in [6.07, 6.45) is 3.13. The molecule has 1 saturated heterocycles. The SMILES string of the molecule is Cl.NCCOc1ccc(NC(=O)C2CCCCN2Cc2ccccc2)cc1. The van der Waals surface area contributed by atoms with Crippen LogP contribution in [0.15, 0.2) is 54.6 Å². The molecule has 3 N–H and O–H groups in total. The van der Waals surface area contributed by atoms with Gasteiger partial charge in [-0.3, -0.25) is 9.69 Å². The van der Waals surface area contributed by atoms with Gasteiger partial charge in [0, 0.05) is 18.8 Å². The van der Waals surface area contributed by atoms with Gasteiger partial charge >= 0.3 is 0 Å². The fourth-order valence-corrected chi connectivity index (χ4v) is 3.33. The molecule has 5 nitrogen and oxygen atoms in total. The van der Waals surface area contributed by atoms with Crippen LogP contribution in [0.2, 0.25) is 0 Å². The Hall–Kier alpha value is -2.08. The number of amides is 1. The number of rotatable bonds is 7. The summed E-state index contributed by atoms with van der Waals surface area (Å²) >= 11 is 0. The minimum atomic E-state index is -0.0860. The quantitative estimate of drug-likeness (QED) is 0.761. The Bertz CT molecular complexity index is 694. The van der Waals surface area contributed by atoms with Crippen LogP contribution >= 0.6 is 12.4 Å². The van der Waals surface area contributed by atoms with E-state index in [1.807, 2.05) is 42.5 Å². The third-order valence-electron chi connectivity index (χ3n) is 4.65. The number of ether oxygens (including phenoxy) is 1. The molecule has 0 aliphatic carbocycles. The van der Waals surface area contributed by atoms with Gasteiger partial charge in [-0.1, -0.05) is 36.8 Å². The van der Waals surface area contributed by atoms with E-state index >= 15 is 0 Å². The number of hydrogen-bond donors (Lipinski definition) is 2. The van der Waals surface area contributed by atoms with Crippen LogP contribution in [0.5, 0.6) is 5.75 Å². The van der Waals surface area contributed by atoms with E-state index in [2.05, 4.69) is 22.3 Å². The zero-order chi connectivity index (χ0) is 18.2. The standard InChI is InChI=1S/C21H27N3O2.ClH/c22-13-15-26-19-11-9-18(10-12-19)23-21(25)20-8-4-5-14-24(20)16-17-6-2-1-3-7-17;/h1-3,6-7,9-12,20H,4-5,8,13-16,22H2,(H,23,25);1H. The second-order valence-corrected chi connectivity index (χ2v) is 6.62. The van der Waals surface area contributed by atoms with Crippen molar-refractivity contribution in [2.75, 3.05) is 25.0 Å². The molecule has 0 radical (unpaired) electrons. The van der Waals surface area contributed by atoms with Crippen LogP contribution in [0, 0.1) is 0 Å². The predicted molar refractivity (Wildman–Crippen MR) is 111 cm³/mol. The Morgan fingerprint density at radius 2 is 1.85 bits per heavy atom. The topological polar surface area (TPSA) is 67.6 Å². The first kappa shape index (κ1) is 21.2. The number of likely N-dealkylation sites (tertiary alicyclic amines) is 1. The molecule has 1 fully saturated rings. The van der Waals surface area contributed by atoms with Crippen molar-refractivity contribution in [3.63, 3.8) is 0 Å². The van der Waals surface area contributed by atoms with Crippen molar-refractivity contribution in [3.8, 4) is 5.75 Å². The van der Waals surface area contributed by atoms with Crippen LogP contribution in [0.4, 0.5) is 5.69 Å². The molecule has 1 aliphatic heterocycles. The fourth-order valence-electron chi connectivity index (χ4n) is 3.33. The number of carbonyl (C=O) groups is 1. The molecule has 3 rings (SSSR count). The highest BCUT2D eigenvalue weighted by molar-refractivity contribution is 5.94. The van der Waals surface area contributed by atoms with E-state index in [0.717, 1.165) is 43.8 Å². The Labute approximate surface area is 167 Å². The second kappa shape index (κ2) is 10.9. The van der Waals surface area contributed by atoms with Gasteiger partial charge in [-0.2, -0.15) is 0 Å². The molecule has 2 aromatic carbocycles. The number of nitrogens with two attached hydrogens (primary N) is 1. The molecule has 1 amide bonds. The largest absolute Gasteiger partial charge is 0.492 e. The van der Waals surface area contributed by atoms with Gasteiger partial charge in [0.15, 0.2) is 0 Å². The predicted octanol–water partition coefficient (Wildman–Crippen LogP) is 3.44. The minimum Gasteiger partial charge on any atom is -0.492 e. The highest BCUT2D eigenvalue weighted by Gasteiger charge is 2.28. The molecule has 0 aromatic heterocycles. The summed E-state index contributed by atoms with van der Waals surface area (Å²) in [4.78, 5) is 15.1. The maximum Gasteiger partial charge on any atom is 0.241 e. The number of anilines is 1. The van der Waals surface area contributed by atoms with E-state index in [1.54, 1.807) is 0 Å². The number of carbonyl (C=O) groups excluding carboxylic acids is 1. The van der Waals surface area contributed by atoms with E-state index < -0.39 is 0 Å². The highest BCUT2D eigenvalue weighted by atomic mass is 35.5. The van der Waals surface area contributed by atoms with Gasteiger partial charge in [0.1, 0.15) is 12.4 Å². The summed E-state index contributed by atoms with van der Waals surface area (Å²) < 4.78 is 5.47. The van der Waals surface area contributed by atoms with Crippen molar-refractivity contribution in [3.05, 3.63) is 60.2 Å². The van der Waals surface area contributed by atoms with E-state index in [0.29, 0.717) is 13.2 Å². The molecule has 0 spiro atoms. The van der Waals surface area contributed by atoms with Gasteiger partial charge in [-0.05, 0) is 49.2 Å². The molecule has 2 aromatic rings. The summed E-state index contributed by atoms with van der Waals surface area (Å²) in [5.74, 6) is 0.827. The van der Waals surface area contributed by atoms with E-state index in [1.165, 1.54) is 5.56 Å². The molecule has 1 aliphatic rings. The van der Waals surface area contributed by atoms with Crippen molar-refractivity contribution < 1.29 is 9.53 Å². The van der Waals surface area contributed by atoms with Gasteiger partial charge in [0.25, 0.3) is 0 Å². The number of halogens is 1. The Morgan fingerprint density at radius 3 is 2.56 bits per heavy atom. The number of piperidine rings is 1. The van der Waals surface area contributed by atoms with Gasteiger partial charge in [-0.15, -0.1) is 12.4 Å². The highest BCUT2D eigenvalue weighted by Crippen LogP contribution is 2.22. The first-order valence-electron chi connectivity index (χ1n) is 9.28. The Balaban J connectivity index is 0.00000261. The molecule has 1 unspecified atom stereocenters. The number of nitrogens with zero attached hydrogens (tertiary/aromatic N) is 1. The number of nitrogens with one attached hydrogen (secondary N) is 1. The van der Waals surface area contributed by atoms with Crippen LogP contribution in [-0.4, -0.2) is 36.5 Å². The van der Waals surface area contributed by atoms with Crippen LogP contribution < -0.4 is 15.8 Å². The lowest BCUT2D eigenvalue weighted by molar-refractivity contribution is -0.122. The molecular formula is C21H28ClN3O2. The van der Waals surface area contributed by atoms with Crippen molar-refractivity contribution in [1.82, 2.24) is 4.90 Å². The van der Waals surface area contributed by atoms with Crippen LogP contribution in [0.25, 0.3) is 0 Å². The van der Waals surface area contributed by atoms with E-state index in [-0.39, 0.29) is 24.4 Å². The maximum absolute atomic E-state index is 12.8. The maximum atomic E-state index is 12.8. The van der Waals surface area contributed by atoms with Crippen LogP contribution in [0.1, 0.15) is 24.8 Å². The first-order chi connectivity index (χ1) is 12.8. The fraction of sp³-hybridized carbons (Fsp3) is 0.381. The molecule has 27 heavy (non-hydrogen) atoms. The summed E-state index contributed by atoms with van der Waals surface area (Å²) in [5.41, 5.74) is 7.47. The van der Waals surface area contributed by atoms with Crippen molar-refractivity contribution in [2.45, 2.75) is 31.8 Å². The summed E-state index contributed by atoms with van der Waals surface area (Å²) in [7, 11) is 0. The number of benzene rings is 2. The van der Waals surface area contributed by atoms with Crippen LogP contribution in [0.3, 0.4) is 0 Å². The smallest absolute Gasteiger partial charge is 0.241 e. The van der Waals surface area contributed by atoms with E-state index in [4.69, 9.17) is 10.5 Å². The monoisotopic (exact) mass is 389 g/mol. The van der Waals surface area contributed by atoms with Crippen molar-refractivity contribution >= 4 is 24.0 Å². The lowest BCUT2D eigenvalue weighted by Gasteiger charge is -2.34. The van der Waals surface area contributed by atoms with E-state index in [9.17, 15) is 4.79 Å². The molecule has 0 bridgehead atoms. The molecule has 1 heterocycles. The molecule has 146 valence electrons. The lowest BCUT2D eigenvalue weighted by Crippen LogP contribution is -2.46. The Morgan fingerprint density at radius 1 is 1.11 bits per heavy atom. The van der Waals surface area contributed by atoms with Crippen LogP contribution in [-0.2, 0) is 11.3 Å². The number of hydrogen-bond acceptors (Lipinski definition) is 4. The third-order valence-corrected chi connectivity index (χ3v) is 4.65. The van der Waals surface area contributed by atoms with Crippen molar-refractivity contribution in [1.29, 1.82) is 0 Å². The van der Waals surface area contributed by atoms with Gasteiger partial charge in [-0.25, -0.2) is 0 Å². The molecule has 0 saturated carbocycles. The second-order valence-electron chi connectivity index (χ2n) is 6.62. The Kier molecular flexibility index (Phi) is 8.58. The molecule has 6 heteroatoms. The molecule has 1 atom stereocenters. The summed E-state index contributed by atoms with van der Waals surface area (Å²) in [6.45, 7) is 2.74. The van der Waals surface area contributed by atoms with Crippen molar-refractivity contribution in [2.24, 2.45) is 5.73 Å². The zero-order valence-electron chi connectivity index (χ0n) is 15.5. The zero-order valence-corrected chi connectivity index (χ0v) is 16.3.